The molecule has 0 spiro atoms. The topological polar surface area (TPSA) is 626 Å². The molecule has 2 saturated heterocycles. The van der Waals surface area contributed by atoms with E-state index in [0.717, 1.165) is 0 Å². The van der Waals surface area contributed by atoms with Crippen molar-refractivity contribution in [3.05, 3.63) is 29.8 Å². The summed E-state index contributed by atoms with van der Waals surface area (Å²) in [5, 5.41) is 68.4. The lowest BCUT2D eigenvalue weighted by Gasteiger charge is -2.31. The molecule has 39 heteroatoms. The van der Waals surface area contributed by atoms with Crippen molar-refractivity contribution >= 4 is 101 Å². The van der Waals surface area contributed by atoms with Gasteiger partial charge < -0.3 is 117 Å². The van der Waals surface area contributed by atoms with E-state index in [9.17, 15) is 96.8 Å². The molecule has 109 heavy (non-hydrogen) atoms. The molecule has 15 atom stereocenters. The Labute approximate surface area is 632 Å². The number of nitrogens with one attached hydrogen (secondary N) is 12. The fraction of sp³-hybridized carbons (Fsp3) is 0.671. The fourth-order valence-corrected chi connectivity index (χ4v) is 11.9. The number of carboxylic acid groups (broad SMARTS) is 3. The number of nitrogens with two attached hydrogens (primary N) is 4. The van der Waals surface area contributed by atoms with Gasteiger partial charge in [-0.05, 0) is 181 Å². The zero-order chi connectivity index (χ0) is 81.9. The first-order chi connectivity index (χ1) is 51.3. The van der Waals surface area contributed by atoms with Gasteiger partial charge in [0.05, 0.1) is 6.04 Å². The van der Waals surface area contributed by atoms with Gasteiger partial charge in [0, 0.05) is 32.4 Å². The third-order valence-corrected chi connectivity index (χ3v) is 18.4. The Balaban J connectivity index is 1.78. The van der Waals surface area contributed by atoms with E-state index in [1.54, 1.807) is 13.8 Å². The first-order valence-corrected chi connectivity index (χ1v) is 36.9. The Morgan fingerprint density at radius 2 is 0.761 bits per heavy atom. The zero-order valence-electron chi connectivity index (χ0n) is 63.2. The van der Waals surface area contributed by atoms with E-state index in [1.807, 2.05) is 0 Å². The van der Waals surface area contributed by atoms with Crippen LogP contribution in [0.1, 0.15) is 170 Å². The first-order valence-electron chi connectivity index (χ1n) is 36.9. The summed E-state index contributed by atoms with van der Waals surface area (Å²) in [6.07, 6.45) is 1.39. The second-order valence-electron chi connectivity index (χ2n) is 27.8. The zero-order valence-corrected chi connectivity index (χ0v) is 63.2. The van der Waals surface area contributed by atoms with Gasteiger partial charge in [-0.15, -0.1) is 0 Å². The highest BCUT2D eigenvalue weighted by atomic mass is 16.4. The molecule has 1 aromatic carbocycles. The number of aliphatic carboxylic acids is 3. The second-order valence-corrected chi connectivity index (χ2v) is 27.8. The molecule has 0 radical (unpaired) electrons. The van der Waals surface area contributed by atoms with E-state index in [-0.39, 0.29) is 89.8 Å². The maximum atomic E-state index is 14.5. The number of unbranched alkanes of at least 4 members (excludes halogenated alkanes) is 3. The molecule has 14 amide bonds. The maximum Gasteiger partial charge on any atom is 0.325 e. The molecule has 2 aliphatic heterocycles. The van der Waals surface area contributed by atoms with Gasteiger partial charge in [0.2, 0.25) is 82.7 Å². The van der Waals surface area contributed by atoms with E-state index in [4.69, 9.17) is 28.0 Å². The Hall–Kier alpha value is -10.1. The number of amides is 14. The number of hydrogen-bond donors (Lipinski definition) is 20. The van der Waals surface area contributed by atoms with Gasteiger partial charge >= 0.3 is 17.9 Å². The SMILES string of the molecule is CC(NC(=O)C1CCCN1C(=O)C(C)NC(=O)C(C)NC(=O)C(C)NC(=O)C(C)NC(=O)C(CCCCN)NC(=O)C(Cc1ccc(O)cc1)NC(=O)C(C)NC(=O)C(CCC(=O)O)NC(=O)C(NC(=O)C(CCCCN)NC(=O)C1CCCN1C(=O)C(CCCCN)NC(=O)C(N)CCC(=O)O)C(C)C)C(=O)O. The summed E-state index contributed by atoms with van der Waals surface area (Å²) in [5.41, 5.74) is 23.6. The Morgan fingerprint density at radius 1 is 0.394 bits per heavy atom. The molecule has 39 nitrogen and oxygen atoms in total. The van der Waals surface area contributed by atoms with E-state index in [0.29, 0.717) is 50.5 Å². The summed E-state index contributed by atoms with van der Waals surface area (Å²) in [6, 6.07) is -14.3. The summed E-state index contributed by atoms with van der Waals surface area (Å²) in [6.45, 7) is 11.8. The van der Waals surface area contributed by atoms with Crippen molar-refractivity contribution in [3.63, 3.8) is 0 Å². The predicted molar refractivity (Wildman–Crippen MR) is 391 cm³/mol. The number of hydrogen-bond acceptors (Lipinski definition) is 22. The van der Waals surface area contributed by atoms with Crippen molar-refractivity contribution < 1.29 is 102 Å². The number of carbonyl (C=O) groups excluding carboxylic acids is 14. The molecule has 15 unspecified atom stereocenters. The van der Waals surface area contributed by atoms with Crippen LogP contribution in [0.25, 0.3) is 0 Å². The molecule has 3 rings (SSSR count). The van der Waals surface area contributed by atoms with Gasteiger partial charge in [-0.2, -0.15) is 0 Å². The van der Waals surface area contributed by atoms with Crippen LogP contribution in [0.5, 0.6) is 5.75 Å². The minimum Gasteiger partial charge on any atom is -0.508 e. The summed E-state index contributed by atoms with van der Waals surface area (Å²) >= 11 is 0. The average Bonchev–Trinajstić information content (AvgIpc) is 1.74. The number of phenols is 1. The molecule has 1 aromatic rings. The molecular weight excluding hydrogens is 1430 g/mol. The van der Waals surface area contributed by atoms with Crippen molar-refractivity contribution in [2.24, 2.45) is 28.9 Å². The Kier molecular flexibility index (Phi) is 40.1. The molecule has 24 N–H and O–H groups in total. The minimum atomic E-state index is -1.68. The van der Waals surface area contributed by atoms with Crippen molar-refractivity contribution in [1.82, 2.24) is 73.6 Å². The number of phenolic OH excluding ortho intramolecular Hbond substituents is 1. The molecule has 2 heterocycles. The van der Waals surface area contributed by atoms with Crippen molar-refractivity contribution in [2.45, 2.75) is 262 Å². The number of aromatic hydroxyl groups is 1. The Morgan fingerprint density at radius 3 is 1.22 bits per heavy atom. The van der Waals surface area contributed by atoms with Gasteiger partial charge in [-0.1, -0.05) is 26.0 Å². The van der Waals surface area contributed by atoms with Gasteiger partial charge in [-0.25, -0.2) is 0 Å². The monoisotopic (exact) mass is 1540 g/mol. The number of nitrogens with zero attached hydrogens (tertiary/aromatic N) is 2. The molecule has 0 aliphatic carbocycles. The second kappa shape index (κ2) is 46.9. The first kappa shape index (κ1) is 93.1. The van der Waals surface area contributed by atoms with Crippen molar-refractivity contribution in [1.29, 1.82) is 0 Å². The summed E-state index contributed by atoms with van der Waals surface area (Å²) in [4.78, 5) is 230. The van der Waals surface area contributed by atoms with Gasteiger partial charge in [0.25, 0.3) is 0 Å². The van der Waals surface area contributed by atoms with Crippen LogP contribution in [-0.4, -0.2) is 254 Å². The minimum absolute atomic E-state index is 0.000385. The Bertz CT molecular complexity index is 3330. The highest BCUT2D eigenvalue weighted by Crippen LogP contribution is 2.23. The maximum absolute atomic E-state index is 14.5. The highest BCUT2D eigenvalue weighted by Gasteiger charge is 2.42. The van der Waals surface area contributed by atoms with Crippen LogP contribution in [0.4, 0.5) is 0 Å². The van der Waals surface area contributed by atoms with E-state index in [2.05, 4.69) is 63.8 Å². The highest BCUT2D eigenvalue weighted by molar-refractivity contribution is 6.00. The number of carboxylic acids is 3. The van der Waals surface area contributed by atoms with E-state index >= 15 is 0 Å². The summed E-state index contributed by atoms with van der Waals surface area (Å²) < 4.78 is 0. The number of likely N-dealkylation sites (tertiary alicyclic amines) is 2. The quantitative estimate of drug-likeness (QED) is 0.0272. The van der Waals surface area contributed by atoms with Gasteiger partial charge in [0.15, 0.2) is 0 Å². The van der Waals surface area contributed by atoms with Crippen molar-refractivity contribution in [2.75, 3.05) is 32.7 Å². The predicted octanol–water partition coefficient (Wildman–Crippen LogP) is -4.96. The van der Waals surface area contributed by atoms with Crippen LogP contribution in [0.15, 0.2) is 24.3 Å². The molecule has 0 bridgehead atoms. The molecule has 0 saturated carbocycles. The van der Waals surface area contributed by atoms with Crippen LogP contribution in [0.2, 0.25) is 0 Å². The number of rotatable bonds is 48. The molecular formula is C70H114N18O21. The van der Waals surface area contributed by atoms with Gasteiger partial charge in [-0.3, -0.25) is 81.5 Å². The standard InChI is InChI=1S/C70H114N18O21/c1-36(2)55(86-63(101)47(18-10-13-31-72)82-66(104)52-21-16-34-88(52)69(107)49(19-11-14-32-73)84-60(98)45(74)26-28-53(90)91)67(105)83-48(27-29-54(92)93)62(100)78-40(6)59(97)85-50(35-43-22-24-44(89)25-23-43)64(102)81-46(17-9-12-30-71)61(99)77-39(5)57(95)75-37(3)56(94)76-38(4)58(96)79-41(7)68(106)87-33-15-20-51(87)65(103)80-42(8)70(108)109/h22-25,36-42,45-52,55,89H,9-21,26-35,71-74H2,1-8H3,(H,75,95)(H,76,94)(H,77,99)(H,78,100)(H,79,96)(H,80,103)(H,81,102)(H,82,104)(H,83,105)(H,84,98)(H,85,97)(H,86,101)(H,90,91)(H,92,93)(H,108,109). The third kappa shape index (κ3) is 31.5. The number of benzene rings is 1. The normalized spacial score (nSPS) is 17.6. The van der Waals surface area contributed by atoms with Crippen molar-refractivity contribution in [3.8, 4) is 5.75 Å². The average molecular weight is 1540 g/mol. The van der Waals surface area contributed by atoms with Crippen LogP contribution in [0, 0.1) is 5.92 Å². The molecule has 610 valence electrons. The largest absolute Gasteiger partial charge is 0.508 e. The summed E-state index contributed by atoms with van der Waals surface area (Å²) in [7, 11) is 0. The van der Waals surface area contributed by atoms with E-state index in [1.165, 1.54) is 75.6 Å². The summed E-state index contributed by atoms with van der Waals surface area (Å²) in [5.74, 6) is -16.4. The lowest BCUT2D eigenvalue weighted by atomic mass is 10.0. The van der Waals surface area contributed by atoms with Crippen LogP contribution < -0.4 is 86.7 Å². The molecule has 0 aromatic heterocycles. The lowest BCUT2D eigenvalue weighted by molar-refractivity contribution is -0.144. The van der Waals surface area contributed by atoms with Crippen LogP contribution >= 0.6 is 0 Å². The lowest BCUT2D eigenvalue weighted by Crippen LogP contribution is -2.61. The molecule has 2 fully saturated rings. The van der Waals surface area contributed by atoms with E-state index < -0.39 is 216 Å². The van der Waals surface area contributed by atoms with Gasteiger partial charge in [0.1, 0.15) is 90.3 Å². The smallest absolute Gasteiger partial charge is 0.325 e. The molecule has 2 aliphatic rings. The van der Waals surface area contributed by atoms with Crippen LogP contribution in [0.3, 0.4) is 0 Å². The fourth-order valence-electron chi connectivity index (χ4n) is 11.9. The number of carbonyl (C=O) groups is 17. The third-order valence-electron chi connectivity index (χ3n) is 18.4. The van der Waals surface area contributed by atoms with Crippen LogP contribution in [-0.2, 0) is 87.9 Å².